The summed E-state index contributed by atoms with van der Waals surface area (Å²) in [4.78, 5) is 25.2. The highest BCUT2D eigenvalue weighted by molar-refractivity contribution is 7.99. The highest BCUT2D eigenvalue weighted by Gasteiger charge is 2.17. The lowest BCUT2D eigenvalue weighted by atomic mass is 10.1. The standard InChI is InChI=1S/C21H24N6O3S/c1-13(2)8-10-26-19(29)15-6-4-5-7-16(15)27-20(26)23-24-21(27)31-11-9-18(28)22-17-12-14(3)30-25-17/h4-7,12-13H,8-11H2,1-3H3,(H,22,25,28). The molecule has 10 heteroatoms. The minimum atomic E-state index is -0.159. The van der Waals surface area contributed by atoms with Crippen LogP contribution in [0, 0.1) is 12.8 Å². The molecule has 162 valence electrons. The van der Waals surface area contributed by atoms with Crippen LogP contribution >= 0.6 is 11.8 Å². The molecule has 1 aromatic carbocycles. The maximum Gasteiger partial charge on any atom is 0.262 e. The predicted octanol–water partition coefficient (Wildman–Crippen LogP) is 3.51. The SMILES string of the molecule is Cc1cc(NC(=O)CCSc2nnc3n(CCC(C)C)c(=O)c4ccccc4n23)no1. The zero-order valence-corrected chi connectivity index (χ0v) is 18.5. The molecule has 3 heterocycles. The van der Waals surface area contributed by atoms with E-state index in [1.807, 2.05) is 28.7 Å². The van der Waals surface area contributed by atoms with Crippen molar-refractivity contribution >= 4 is 40.2 Å². The fraction of sp³-hybridized carbons (Fsp3) is 0.381. The molecule has 1 amide bonds. The minimum absolute atomic E-state index is 0.0602. The van der Waals surface area contributed by atoms with Gasteiger partial charge in [0.15, 0.2) is 11.0 Å². The number of amides is 1. The van der Waals surface area contributed by atoms with Crippen LogP contribution in [-0.2, 0) is 11.3 Å². The van der Waals surface area contributed by atoms with E-state index in [1.165, 1.54) is 11.8 Å². The number of benzene rings is 1. The third-order valence-electron chi connectivity index (χ3n) is 4.86. The first kappa shape index (κ1) is 21.1. The smallest absolute Gasteiger partial charge is 0.262 e. The van der Waals surface area contributed by atoms with Crippen LogP contribution in [0.15, 0.2) is 44.8 Å². The van der Waals surface area contributed by atoms with Gasteiger partial charge in [-0.2, -0.15) is 0 Å². The molecule has 4 rings (SSSR count). The largest absolute Gasteiger partial charge is 0.360 e. The number of aromatic nitrogens is 5. The predicted molar refractivity (Wildman–Crippen MR) is 119 cm³/mol. The number of nitrogens with one attached hydrogen (secondary N) is 1. The van der Waals surface area contributed by atoms with Crippen molar-refractivity contribution in [2.75, 3.05) is 11.1 Å². The normalized spacial score (nSPS) is 11.6. The topological polar surface area (TPSA) is 107 Å². The van der Waals surface area contributed by atoms with Crippen molar-refractivity contribution in [3.8, 4) is 0 Å². The van der Waals surface area contributed by atoms with E-state index in [1.54, 1.807) is 17.6 Å². The average molecular weight is 441 g/mol. The molecule has 0 saturated carbocycles. The molecule has 0 bridgehead atoms. The maximum absolute atomic E-state index is 13.1. The van der Waals surface area contributed by atoms with E-state index in [2.05, 4.69) is 34.5 Å². The van der Waals surface area contributed by atoms with E-state index in [-0.39, 0.29) is 17.9 Å². The summed E-state index contributed by atoms with van der Waals surface area (Å²) in [6.07, 6.45) is 1.14. The fourth-order valence-electron chi connectivity index (χ4n) is 3.28. The third kappa shape index (κ3) is 4.48. The number of para-hydroxylation sites is 1. The first-order chi connectivity index (χ1) is 14.9. The van der Waals surface area contributed by atoms with Crippen molar-refractivity contribution in [2.45, 2.75) is 45.3 Å². The first-order valence-corrected chi connectivity index (χ1v) is 11.1. The Kier molecular flexibility index (Phi) is 6.08. The van der Waals surface area contributed by atoms with Crippen LogP contribution in [0.3, 0.4) is 0 Å². The maximum atomic E-state index is 13.1. The van der Waals surface area contributed by atoms with Gasteiger partial charge in [-0.05, 0) is 31.4 Å². The monoisotopic (exact) mass is 440 g/mol. The van der Waals surface area contributed by atoms with Gasteiger partial charge in [-0.15, -0.1) is 10.2 Å². The van der Waals surface area contributed by atoms with Crippen molar-refractivity contribution in [1.82, 2.24) is 24.3 Å². The summed E-state index contributed by atoms with van der Waals surface area (Å²) in [5, 5.41) is 16.4. The second kappa shape index (κ2) is 8.93. The minimum Gasteiger partial charge on any atom is -0.360 e. The van der Waals surface area contributed by atoms with Gasteiger partial charge in [0.1, 0.15) is 5.76 Å². The summed E-state index contributed by atoms with van der Waals surface area (Å²) in [6, 6.07) is 9.13. The molecule has 0 radical (unpaired) electrons. The molecule has 0 spiro atoms. The summed E-state index contributed by atoms with van der Waals surface area (Å²) >= 11 is 1.42. The lowest BCUT2D eigenvalue weighted by molar-refractivity contribution is -0.115. The van der Waals surface area contributed by atoms with Gasteiger partial charge in [-0.3, -0.25) is 18.6 Å². The van der Waals surface area contributed by atoms with Crippen molar-refractivity contribution < 1.29 is 9.32 Å². The zero-order valence-electron chi connectivity index (χ0n) is 17.7. The highest BCUT2D eigenvalue weighted by Crippen LogP contribution is 2.22. The molecule has 9 nitrogen and oxygen atoms in total. The summed E-state index contributed by atoms with van der Waals surface area (Å²) in [5.74, 6) is 2.36. The number of hydrogen-bond donors (Lipinski definition) is 1. The number of carbonyl (C=O) groups excluding carboxylic acids is 1. The number of anilines is 1. The molecule has 0 atom stereocenters. The van der Waals surface area contributed by atoms with E-state index in [0.29, 0.717) is 46.1 Å². The number of thioether (sulfide) groups is 1. The van der Waals surface area contributed by atoms with Crippen LogP contribution in [0.5, 0.6) is 0 Å². The van der Waals surface area contributed by atoms with Gasteiger partial charge >= 0.3 is 0 Å². The van der Waals surface area contributed by atoms with Crippen molar-refractivity contribution in [3.63, 3.8) is 0 Å². The fourth-order valence-corrected chi connectivity index (χ4v) is 4.16. The Morgan fingerprint density at radius 3 is 2.81 bits per heavy atom. The molecule has 0 saturated heterocycles. The van der Waals surface area contributed by atoms with Gasteiger partial charge in [0.25, 0.3) is 5.56 Å². The van der Waals surface area contributed by atoms with Gasteiger partial charge in [-0.1, -0.05) is 42.9 Å². The molecule has 0 fully saturated rings. The Hall–Kier alpha value is -3.14. The van der Waals surface area contributed by atoms with E-state index in [9.17, 15) is 9.59 Å². The van der Waals surface area contributed by atoms with E-state index in [0.717, 1.165) is 11.9 Å². The Morgan fingerprint density at radius 1 is 1.26 bits per heavy atom. The number of aryl methyl sites for hydroxylation is 2. The van der Waals surface area contributed by atoms with Crippen LogP contribution in [0.4, 0.5) is 5.82 Å². The van der Waals surface area contributed by atoms with Gasteiger partial charge in [-0.25, -0.2) is 0 Å². The first-order valence-electron chi connectivity index (χ1n) is 10.2. The summed E-state index contributed by atoms with van der Waals surface area (Å²) in [5.41, 5.74) is 0.702. The van der Waals surface area contributed by atoms with Crippen LogP contribution < -0.4 is 10.9 Å². The second-order valence-corrected chi connectivity index (χ2v) is 8.81. The molecule has 4 aromatic rings. The quantitative estimate of drug-likeness (QED) is 0.418. The molecule has 0 aliphatic rings. The second-order valence-electron chi connectivity index (χ2n) is 7.74. The van der Waals surface area contributed by atoms with Crippen LogP contribution in [0.25, 0.3) is 16.7 Å². The number of fused-ring (bicyclic) bond motifs is 3. The van der Waals surface area contributed by atoms with E-state index < -0.39 is 0 Å². The van der Waals surface area contributed by atoms with E-state index in [4.69, 9.17) is 4.52 Å². The number of rotatable bonds is 8. The van der Waals surface area contributed by atoms with Gasteiger partial charge in [0.05, 0.1) is 10.9 Å². The van der Waals surface area contributed by atoms with Crippen molar-refractivity contribution in [2.24, 2.45) is 5.92 Å². The molecular weight excluding hydrogens is 416 g/mol. The molecule has 3 aromatic heterocycles. The Labute approximate surface area is 182 Å². The number of carbonyl (C=O) groups is 1. The molecule has 0 aliphatic heterocycles. The molecule has 0 aliphatic carbocycles. The molecular formula is C21H24N6O3S. The van der Waals surface area contributed by atoms with Crippen LogP contribution in [0.1, 0.15) is 32.4 Å². The average Bonchev–Trinajstić information content (AvgIpc) is 3.34. The Balaban J connectivity index is 1.58. The van der Waals surface area contributed by atoms with Gasteiger partial charge < -0.3 is 9.84 Å². The van der Waals surface area contributed by atoms with Crippen LogP contribution in [-0.4, -0.2) is 36.0 Å². The van der Waals surface area contributed by atoms with Gasteiger partial charge in [0.2, 0.25) is 11.7 Å². The molecule has 0 unspecified atom stereocenters. The highest BCUT2D eigenvalue weighted by atomic mass is 32.2. The molecule has 1 N–H and O–H groups in total. The number of hydrogen-bond acceptors (Lipinski definition) is 7. The van der Waals surface area contributed by atoms with E-state index >= 15 is 0 Å². The van der Waals surface area contributed by atoms with Crippen LogP contribution in [0.2, 0.25) is 0 Å². The van der Waals surface area contributed by atoms with Crippen molar-refractivity contribution in [3.05, 3.63) is 46.4 Å². The van der Waals surface area contributed by atoms with Crippen molar-refractivity contribution in [1.29, 1.82) is 0 Å². The summed E-state index contributed by atoms with van der Waals surface area (Å²) in [6.45, 7) is 6.59. The lowest BCUT2D eigenvalue weighted by Gasteiger charge is -2.12. The zero-order chi connectivity index (χ0) is 22.0. The third-order valence-corrected chi connectivity index (χ3v) is 5.79. The summed E-state index contributed by atoms with van der Waals surface area (Å²) in [7, 11) is 0. The number of nitrogens with zero attached hydrogens (tertiary/aromatic N) is 5. The Morgan fingerprint density at radius 2 is 2.06 bits per heavy atom. The van der Waals surface area contributed by atoms with Gasteiger partial charge in [0, 0.05) is 24.8 Å². The molecule has 31 heavy (non-hydrogen) atoms. The Bertz CT molecular complexity index is 1290. The lowest BCUT2D eigenvalue weighted by Crippen LogP contribution is -2.24. The summed E-state index contributed by atoms with van der Waals surface area (Å²) < 4.78 is 8.55.